The Labute approximate surface area is 201 Å². The van der Waals surface area contributed by atoms with E-state index < -0.39 is 0 Å². The molecule has 0 aliphatic rings. The van der Waals surface area contributed by atoms with Gasteiger partial charge in [-0.1, -0.05) is 55.8 Å². The van der Waals surface area contributed by atoms with E-state index in [2.05, 4.69) is 66.5 Å². The van der Waals surface area contributed by atoms with Crippen LogP contribution in [0.4, 0.5) is 5.69 Å². The monoisotopic (exact) mass is 461 g/mol. The molecule has 1 aromatic heterocycles. The SMILES string of the molecule is CCN(CC)CCC(CNc1c2ccc(Cl)cc2nc2ccc(OC)cc12)c1ccccc1. The molecule has 0 radical (unpaired) electrons. The van der Waals surface area contributed by atoms with Gasteiger partial charge in [0.2, 0.25) is 0 Å². The van der Waals surface area contributed by atoms with Crippen LogP contribution < -0.4 is 10.1 Å². The Bertz CT molecular complexity index is 1210. The van der Waals surface area contributed by atoms with Gasteiger partial charge in [-0.25, -0.2) is 4.98 Å². The molecule has 1 heterocycles. The van der Waals surface area contributed by atoms with Crippen molar-refractivity contribution in [1.82, 2.24) is 9.88 Å². The van der Waals surface area contributed by atoms with E-state index in [4.69, 9.17) is 21.3 Å². The van der Waals surface area contributed by atoms with E-state index in [1.807, 2.05) is 24.3 Å². The molecule has 0 saturated heterocycles. The number of nitrogens with zero attached hydrogens (tertiary/aromatic N) is 2. The van der Waals surface area contributed by atoms with E-state index in [0.717, 1.165) is 65.8 Å². The average Bonchev–Trinajstić information content (AvgIpc) is 2.85. The van der Waals surface area contributed by atoms with Gasteiger partial charge in [0.15, 0.2) is 0 Å². The molecule has 5 heteroatoms. The van der Waals surface area contributed by atoms with Crippen molar-refractivity contribution in [1.29, 1.82) is 0 Å². The Balaban J connectivity index is 1.71. The van der Waals surface area contributed by atoms with Crippen LogP contribution in [0.5, 0.6) is 5.75 Å². The van der Waals surface area contributed by atoms with E-state index in [0.29, 0.717) is 10.9 Å². The molecule has 4 aromatic rings. The Morgan fingerprint density at radius 1 is 0.939 bits per heavy atom. The van der Waals surface area contributed by atoms with Gasteiger partial charge in [0.05, 0.1) is 23.8 Å². The van der Waals surface area contributed by atoms with Crippen molar-refractivity contribution in [3.8, 4) is 5.75 Å². The van der Waals surface area contributed by atoms with Crippen molar-refractivity contribution in [3.63, 3.8) is 0 Å². The second-order valence-corrected chi connectivity index (χ2v) is 8.77. The highest BCUT2D eigenvalue weighted by atomic mass is 35.5. The summed E-state index contributed by atoms with van der Waals surface area (Å²) in [6.45, 7) is 8.52. The van der Waals surface area contributed by atoms with Gasteiger partial charge in [-0.2, -0.15) is 0 Å². The number of hydrogen-bond acceptors (Lipinski definition) is 4. The minimum atomic E-state index is 0.392. The fraction of sp³-hybridized carbons (Fsp3) is 0.321. The predicted octanol–water partition coefficient (Wildman–Crippen LogP) is 6.98. The molecule has 1 N–H and O–H groups in total. The number of rotatable bonds is 10. The standard InChI is InChI=1S/C28H32ClN3O/c1-4-32(5-2)16-15-21(20-9-7-6-8-10-20)19-30-28-24-13-11-22(29)17-27(24)31-26-14-12-23(33-3)18-25(26)28/h6-14,17-18,21H,4-5,15-16,19H2,1-3H3,(H,30,31). The summed E-state index contributed by atoms with van der Waals surface area (Å²) >= 11 is 6.29. The third-order valence-corrected chi connectivity index (χ3v) is 6.66. The van der Waals surface area contributed by atoms with Crippen LogP contribution >= 0.6 is 11.6 Å². The van der Waals surface area contributed by atoms with E-state index in [1.165, 1.54) is 5.56 Å². The fourth-order valence-corrected chi connectivity index (χ4v) is 4.60. The van der Waals surface area contributed by atoms with Crippen molar-refractivity contribution >= 4 is 39.1 Å². The zero-order chi connectivity index (χ0) is 23.2. The molecular formula is C28H32ClN3O. The first kappa shape index (κ1) is 23.3. The maximum absolute atomic E-state index is 6.29. The molecule has 0 bridgehead atoms. The minimum Gasteiger partial charge on any atom is -0.497 e. The molecule has 172 valence electrons. The van der Waals surface area contributed by atoms with Crippen LogP contribution in [0.15, 0.2) is 66.7 Å². The van der Waals surface area contributed by atoms with Crippen LogP contribution in [0.1, 0.15) is 31.7 Å². The maximum atomic E-state index is 6.29. The van der Waals surface area contributed by atoms with Gasteiger partial charge >= 0.3 is 0 Å². The number of aromatic nitrogens is 1. The molecule has 0 amide bonds. The van der Waals surface area contributed by atoms with Crippen LogP contribution in [0.2, 0.25) is 5.02 Å². The predicted molar refractivity (Wildman–Crippen MR) is 141 cm³/mol. The highest BCUT2D eigenvalue weighted by Crippen LogP contribution is 2.35. The van der Waals surface area contributed by atoms with Gasteiger partial charge in [0, 0.05) is 28.3 Å². The molecule has 0 saturated carbocycles. The second-order valence-electron chi connectivity index (χ2n) is 8.34. The number of methoxy groups -OCH3 is 1. The first-order valence-electron chi connectivity index (χ1n) is 11.7. The summed E-state index contributed by atoms with van der Waals surface area (Å²) in [7, 11) is 1.70. The lowest BCUT2D eigenvalue weighted by Gasteiger charge is -2.24. The average molecular weight is 462 g/mol. The number of halogens is 1. The third-order valence-electron chi connectivity index (χ3n) is 6.43. The molecule has 0 fully saturated rings. The lowest BCUT2D eigenvalue weighted by Crippen LogP contribution is -2.26. The molecule has 1 atom stereocenters. The van der Waals surface area contributed by atoms with Crippen molar-refractivity contribution in [2.45, 2.75) is 26.2 Å². The van der Waals surface area contributed by atoms with E-state index >= 15 is 0 Å². The quantitative estimate of drug-likeness (QED) is 0.258. The van der Waals surface area contributed by atoms with Gasteiger partial charge in [-0.3, -0.25) is 0 Å². The molecular weight excluding hydrogens is 430 g/mol. The third kappa shape index (κ3) is 5.40. The van der Waals surface area contributed by atoms with Crippen LogP contribution in [0.25, 0.3) is 21.8 Å². The molecule has 33 heavy (non-hydrogen) atoms. The van der Waals surface area contributed by atoms with E-state index in [1.54, 1.807) is 7.11 Å². The first-order valence-corrected chi connectivity index (χ1v) is 12.1. The highest BCUT2D eigenvalue weighted by Gasteiger charge is 2.16. The Hall–Kier alpha value is -2.82. The van der Waals surface area contributed by atoms with Crippen molar-refractivity contribution < 1.29 is 4.74 Å². The number of hydrogen-bond donors (Lipinski definition) is 1. The smallest absolute Gasteiger partial charge is 0.119 e. The highest BCUT2D eigenvalue weighted by molar-refractivity contribution is 6.31. The zero-order valence-corrected chi connectivity index (χ0v) is 20.4. The summed E-state index contributed by atoms with van der Waals surface area (Å²) in [6.07, 6.45) is 1.09. The van der Waals surface area contributed by atoms with Gasteiger partial charge in [-0.05, 0) is 68.0 Å². The molecule has 0 spiro atoms. The summed E-state index contributed by atoms with van der Waals surface area (Å²) in [6, 6.07) is 22.7. The van der Waals surface area contributed by atoms with Gasteiger partial charge in [0.1, 0.15) is 5.75 Å². The van der Waals surface area contributed by atoms with Crippen molar-refractivity contribution in [3.05, 3.63) is 77.3 Å². The molecule has 1 unspecified atom stereocenters. The number of nitrogens with one attached hydrogen (secondary N) is 1. The summed E-state index contributed by atoms with van der Waals surface area (Å²) < 4.78 is 5.51. The van der Waals surface area contributed by atoms with Crippen molar-refractivity contribution in [2.75, 3.05) is 38.6 Å². The Morgan fingerprint density at radius 2 is 1.73 bits per heavy atom. The number of pyridine rings is 1. The summed E-state index contributed by atoms with van der Waals surface area (Å²) in [4.78, 5) is 7.34. The van der Waals surface area contributed by atoms with Gasteiger partial charge in [-0.15, -0.1) is 0 Å². The normalized spacial score (nSPS) is 12.4. The topological polar surface area (TPSA) is 37.4 Å². The van der Waals surface area contributed by atoms with E-state index in [9.17, 15) is 0 Å². The van der Waals surface area contributed by atoms with Gasteiger partial charge in [0.25, 0.3) is 0 Å². The lowest BCUT2D eigenvalue weighted by atomic mass is 9.95. The molecule has 3 aromatic carbocycles. The number of anilines is 1. The maximum Gasteiger partial charge on any atom is 0.119 e. The Morgan fingerprint density at radius 3 is 2.45 bits per heavy atom. The van der Waals surface area contributed by atoms with Crippen molar-refractivity contribution in [2.24, 2.45) is 0 Å². The van der Waals surface area contributed by atoms with Crippen LogP contribution in [0, 0.1) is 0 Å². The second kappa shape index (κ2) is 10.9. The first-order chi connectivity index (χ1) is 16.1. The zero-order valence-electron chi connectivity index (χ0n) is 19.6. The summed E-state index contributed by atoms with van der Waals surface area (Å²) in [5.41, 5.74) is 4.25. The molecule has 4 nitrogen and oxygen atoms in total. The van der Waals surface area contributed by atoms with E-state index in [-0.39, 0.29) is 0 Å². The largest absolute Gasteiger partial charge is 0.497 e. The fourth-order valence-electron chi connectivity index (χ4n) is 4.43. The molecule has 0 aliphatic carbocycles. The number of ether oxygens (including phenoxy) is 1. The Kier molecular flexibility index (Phi) is 7.69. The van der Waals surface area contributed by atoms with Crippen LogP contribution in [0.3, 0.4) is 0 Å². The number of benzene rings is 3. The summed E-state index contributed by atoms with van der Waals surface area (Å²) in [5.74, 6) is 1.21. The summed E-state index contributed by atoms with van der Waals surface area (Å²) in [5, 5.41) is 6.61. The lowest BCUT2D eigenvalue weighted by molar-refractivity contribution is 0.291. The number of fused-ring (bicyclic) bond motifs is 2. The minimum absolute atomic E-state index is 0.392. The molecule has 0 aliphatic heterocycles. The molecule has 4 rings (SSSR count). The van der Waals surface area contributed by atoms with Gasteiger partial charge < -0.3 is 15.0 Å². The van der Waals surface area contributed by atoms with Crippen LogP contribution in [-0.4, -0.2) is 43.2 Å². The van der Waals surface area contributed by atoms with Crippen LogP contribution in [-0.2, 0) is 0 Å².